The number of hydrogen-bond donors (Lipinski definition) is 0. The molecule has 0 atom stereocenters. The van der Waals surface area contributed by atoms with Crippen LogP contribution in [0, 0.1) is 0 Å². The SMILES string of the molecule is C=N/C(=C\C(=N/COc1cccc(Oc2nc(OC)cc(OC)n2)c1C(=O)O/N=C/c1ccccc1)OC)OC. The van der Waals surface area contributed by atoms with E-state index in [1.807, 2.05) is 18.2 Å². The first kappa shape index (κ1) is 29.1. The van der Waals surface area contributed by atoms with Gasteiger partial charge in [-0.05, 0) is 24.4 Å². The summed E-state index contributed by atoms with van der Waals surface area (Å²) in [5.41, 5.74) is 0.625. The molecule has 2 aromatic carbocycles. The van der Waals surface area contributed by atoms with Gasteiger partial charge in [-0.25, -0.2) is 14.8 Å². The zero-order valence-electron chi connectivity index (χ0n) is 22.3. The van der Waals surface area contributed by atoms with E-state index in [1.165, 1.54) is 58.9 Å². The number of oxime groups is 1. The van der Waals surface area contributed by atoms with Crippen molar-refractivity contribution in [2.45, 2.75) is 0 Å². The van der Waals surface area contributed by atoms with Gasteiger partial charge in [0.15, 0.2) is 6.73 Å². The Balaban J connectivity index is 1.94. The van der Waals surface area contributed by atoms with Gasteiger partial charge in [-0.2, -0.15) is 9.97 Å². The third kappa shape index (κ3) is 8.28. The third-order valence-electron chi connectivity index (χ3n) is 4.87. The van der Waals surface area contributed by atoms with Crippen LogP contribution in [0.4, 0.5) is 0 Å². The molecule has 3 aromatic rings. The van der Waals surface area contributed by atoms with Crippen LogP contribution in [-0.4, -0.2) is 69.9 Å². The molecule has 0 amide bonds. The Kier molecular flexibility index (Phi) is 11.0. The monoisotopic (exact) mass is 549 g/mol. The number of methoxy groups -OCH3 is 4. The maximum absolute atomic E-state index is 13.2. The standard InChI is InChI=1S/C27H27N5O8/c1-28-21(34-2)14-22(35-3)29-17-38-19-12-9-13-20(39-27-31-23(36-4)15-24(32-27)37-5)25(19)26(33)40-30-16-18-10-7-6-8-11-18/h6-16H,1,17H2,2-5H3/b21-14+,29-22+,30-16+. The Labute approximate surface area is 230 Å². The van der Waals surface area contributed by atoms with Gasteiger partial charge < -0.3 is 33.3 Å². The van der Waals surface area contributed by atoms with Gasteiger partial charge in [0.25, 0.3) is 0 Å². The second-order valence-corrected chi connectivity index (χ2v) is 7.31. The van der Waals surface area contributed by atoms with Crippen LogP contribution in [0.5, 0.6) is 29.3 Å². The van der Waals surface area contributed by atoms with Crippen molar-refractivity contribution in [3.05, 3.63) is 77.7 Å². The second-order valence-electron chi connectivity index (χ2n) is 7.31. The molecule has 208 valence electrons. The van der Waals surface area contributed by atoms with Crippen LogP contribution in [0.1, 0.15) is 15.9 Å². The number of carbonyl (C=O) groups excluding carboxylic acids is 1. The molecule has 0 radical (unpaired) electrons. The summed E-state index contributed by atoms with van der Waals surface area (Å²) in [4.78, 5) is 34.5. The summed E-state index contributed by atoms with van der Waals surface area (Å²) in [6.45, 7) is 3.14. The average Bonchev–Trinajstić information content (AvgIpc) is 2.99. The predicted octanol–water partition coefficient (Wildman–Crippen LogP) is 4.05. The average molecular weight is 550 g/mol. The number of hydrogen-bond acceptors (Lipinski definition) is 13. The summed E-state index contributed by atoms with van der Waals surface area (Å²) in [6, 6.07) is 15.1. The van der Waals surface area contributed by atoms with E-state index in [2.05, 4.69) is 31.8 Å². The van der Waals surface area contributed by atoms with Crippen molar-refractivity contribution in [2.75, 3.05) is 35.2 Å². The molecule has 0 aliphatic rings. The number of aromatic nitrogens is 2. The lowest BCUT2D eigenvalue weighted by atomic mass is 10.2. The van der Waals surface area contributed by atoms with Gasteiger partial charge in [-0.15, -0.1) is 0 Å². The number of rotatable bonds is 13. The largest absolute Gasteiger partial charge is 0.481 e. The summed E-state index contributed by atoms with van der Waals surface area (Å²) in [6.07, 6.45) is 2.80. The van der Waals surface area contributed by atoms with E-state index in [0.29, 0.717) is 0 Å². The normalized spacial score (nSPS) is 11.5. The fourth-order valence-electron chi connectivity index (χ4n) is 2.98. The molecule has 40 heavy (non-hydrogen) atoms. The number of nitrogens with zero attached hydrogens (tertiary/aromatic N) is 5. The molecule has 0 saturated heterocycles. The van der Waals surface area contributed by atoms with Crippen LogP contribution in [0.15, 0.2) is 81.7 Å². The highest BCUT2D eigenvalue weighted by Crippen LogP contribution is 2.33. The molecule has 13 nitrogen and oxygen atoms in total. The summed E-state index contributed by atoms with van der Waals surface area (Å²) >= 11 is 0. The summed E-state index contributed by atoms with van der Waals surface area (Å²) in [5, 5.41) is 3.79. The van der Waals surface area contributed by atoms with Crippen molar-refractivity contribution in [3.8, 4) is 29.3 Å². The number of aliphatic imine (C=N–C) groups is 2. The van der Waals surface area contributed by atoms with Gasteiger partial charge in [-0.1, -0.05) is 41.6 Å². The molecule has 3 rings (SSSR count). The molecule has 13 heteroatoms. The van der Waals surface area contributed by atoms with E-state index in [0.717, 1.165) is 5.56 Å². The lowest BCUT2D eigenvalue weighted by Gasteiger charge is -2.13. The van der Waals surface area contributed by atoms with Gasteiger partial charge in [0.2, 0.25) is 23.5 Å². The first-order valence-electron chi connectivity index (χ1n) is 11.5. The van der Waals surface area contributed by atoms with E-state index >= 15 is 0 Å². The summed E-state index contributed by atoms with van der Waals surface area (Å²) in [5.74, 6) is -0.0868. The Morgan fingerprint density at radius 1 is 0.925 bits per heavy atom. The van der Waals surface area contributed by atoms with E-state index in [4.69, 9.17) is 33.3 Å². The Morgan fingerprint density at radius 3 is 2.25 bits per heavy atom. The van der Waals surface area contributed by atoms with Crippen LogP contribution in [0.25, 0.3) is 0 Å². The minimum atomic E-state index is -0.874. The van der Waals surface area contributed by atoms with Crippen molar-refractivity contribution in [3.63, 3.8) is 0 Å². The van der Waals surface area contributed by atoms with E-state index < -0.39 is 5.97 Å². The Morgan fingerprint density at radius 2 is 1.62 bits per heavy atom. The van der Waals surface area contributed by atoms with Crippen molar-refractivity contribution in [2.24, 2.45) is 15.1 Å². The van der Waals surface area contributed by atoms with Crippen LogP contribution in [0.3, 0.4) is 0 Å². The second kappa shape index (κ2) is 15.1. The van der Waals surface area contributed by atoms with Crippen molar-refractivity contribution < 1.29 is 38.1 Å². The highest BCUT2D eigenvalue weighted by atomic mass is 16.7. The minimum absolute atomic E-state index is 0.0149. The molecule has 0 saturated carbocycles. The zero-order valence-corrected chi connectivity index (χ0v) is 22.3. The van der Waals surface area contributed by atoms with E-state index in [9.17, 15) is 4.79 Å². The topological polar surface area (TPSA) is 145 Å². The van der Waals surface area contributed by atoms with Crippen molar-refractivity contribution in [1.29, 1.82) is 0 Å². The highest BCUT2D eigenvalue weighted by molar-refractivity contribution is 5.96. The maximum Gasteiger partial charge on any atom is 0.373 e. The minimum Gasteiger partial charge on any atom is -0.481 e. The molecule has 1 aromatic heterocycles. The summed E-state index contributed by atoms with van der Waals surface area (Å²) in [7, 11) is 5.70. The van der Waals surface area contributed by atoms with Crippen LogP contribution >= 0.6 is 0 Å². The lowest BCUT2D eigenvalue weighted by Crippen LogP contribution is -2.10. The van der Waals surface area contributed by atoms with Crippen LogP contribution in [-0.2, 0) is 14.3 Å². The van der Waals surface area contributed by atoms with E-state index in [1.54, 1.807) is 18.2 Å². The third-order valence-corrected chi connectivity index (χ3v) is 4.87. The fraction of sp³-hybridized carbons (Fsp3) is 0.185. The van der Waals surface area contributed by atoms with E-state index in [-0.39, 0.29) is 53.3 Å². The van der Waals surface area contributed by atoms with Gasteiger partial charge in [0.1, 0.15) is 17.1 Å². The Bertz CT molecular complexity index is 1370. The first-order valence-corrected chi connectivity index (χ1v) is 11.5. The smallest absolute Gasteiger partial charge is 0.373 e. The highest BCUT2D eigenvalue weighted by Gasteiger charge is 2.23. The first-order chi connectivity index (χ1) is 19.5. The van der Waals surface area contributed by atoms with Crippen molar-refractivity contribution in [1.82, 2.24) is 9.97 Å². The maximum atomic E-state index is 13.2. The van der Waals surface area contributed by atoms with Crippen LogP contribution in [0.2, 0.25) is 0 Å². The molecule has 0 aliphatic carbocycles. The number of carbonyl (C=O) groups is 1. The fourth-order valence-corrected chi connectivity index (χ4v) is 2.98. The van der Waals surface area contributed by atoms with Gasteiger partial charge in [-0.3, -0.25) is 0 Å². The zero-order chi connectivity index (χ0) is 28.7. The molecular formula is C27H27N5O8. The lowest BCUT2D eigenvalue weighted by molar-refractivity contribution is 0.0511. The van der Waals surface area contributed by atoms with Gasteiger partial charge in [0.05, 0.1) is 46.8 Å². The summed E-state index contributed by atoms with van der Waals surface area (Å²) < 4.78 is 32.1. The molecule has 0 spiro atoms. The molecular weight excluding hydrogens is 522 g/mol. The quantitative estimate of drug-likeness (QED) is 0.101. The molecule has 0 unspecified atom stereocenters. The molecule has 0 bridgehead atoms. The molecule has 0 fully saturated rings. The van der Waals surface area contributed by atoms with Crippen LogP contribution < -0.4 is 18.9 Å². The molecule has 1 heterocycles. The Hall–Kier alpha value is -5.46. The number of benzene rings is 2. The predicted molar refractivity (Wildman–Crippen MR) is 146 cm³/mol. The van der Waals surface area contributed by atoms with Gasteiger partial charge in [0, 0.05) is 0 Å². The molecule has 0 N–H and O–H groups in total. The number of ether oxygens (including phenoxy) is 6. The van der Waals surface area contributed by atoms with Crippen molar-refractivity contribution >= 4 is 24.8 Å². The van der Waals surface area contributed by atoms with Gasteiger partial charge >= 0.3 is 12.0 Å². The molecule has 0 aliphatic heterocycles.